The number of anilines is 1. The third-order valence-corrected chi connectivity index (χ3v) is 5.97. The smallest absolute Gasteiger partial charge is 0.230 e. The number of rotatable bonds is 8. The lowest BCUT2D eigenvalue weighted by atomic mass is 10.2. The molecule has 28 heavy (non-hydrogen) atoms. The number of thiazole rings is 1. The van der Waals surface area contributed by atoms with Gasteiger partial charge >= 0.3 is 0 Å². The first-order valence-electron chi connectivity index (χ1n) is 8.41. The van der Waals surface area contributed by atoms with Crippen LogP contribution in [0.15, 0.2) is 52.2 Å². The molecule has 0 aliphatic carbocycles. The Morgan fingerprint density at radius 2 is 1.96 bits per heavy atom. The molecule has 146 valence electrons. The summed E-state index contributed by atoms with van der Waals surface area (Å²) < 4.78 is 24.3. The van der Waals surface area contributed by atoms with Crippen LogP contribution in [0, 0.1) is 5.82 Å². The summed E-state index contributed by atoms with van der Waals surface area (Å²) in [5, 5.41) is 4.71. The number of benzene rings is 2. The Balaban J connectivity index is 1.57. The van der Waals surface area contributed by atoms with E-state index in [1.54, 1.807) is 56.3 Å². The molecule has 0 spiro atoms. The summed E-state index contributed by atoms with van der Waals surface area (Å²) in [6.45, 7) is 0. The molecule has 3 rings (SSSR count). The highest BCUT2D eigenvalue weighted by molar-refractivity contribution is 8.00. The van der Waals surface area contributed by atoms with E-state index in [2.05, 4.69) is 10.3 Å². The van der Waals surface area contributed by atoms with Crippen molar-refractivity contribution in [1.82, 2.24) is 4.98 Å². The van der Waals surface area contributed by atoms with Crippen molar-refractivity contribution in [2.75, 3.05) is 19.5 Å². The highest BCUT2D eigenvalue weighted by Gasteiger charge is 2.12. The third kappa shape index (κ3) is 5.46. The Hall–Kier alpha value is -2.58. The van der Waals surface area contributed by atoms with E-state index in [-0.39, 0.29) is 18.1 Å². The number of amides is 1. The number of thioether (sulfide) groups is 1. The maximum absolute atomic E-state index is 13.0. The molecule has 0 aliphatic rings. The van der Waals surface area contributed by atoms with Crippen LogP contribution in [0.1, 0.15) is 11.3 Å². The van der Waals surface area contributed by atoms with E-state index >= 15 is 0 Å². The highest BCUT2D eigenvalue weighted by atomic mass is 32.2. The van der Waals surface area contributed by atoms with Gasteiger partial charge in [-0.05, 0) is 29.8 Å². The number of hydrogen-bond donors (Lipinski definition) is 1. The summed E-state index contributed by atoms with van der Waals surface area (Å²) in [4.78, 5) is 16.9. The van der Waals surface area contributed by atoms with Crippen LogP contribution in [-0.2, 0) is 17.0 Å². The molecule has 1 aromatic heterocycles. The molecule has 2 aromatic carbocycles. The summed E-state index contributed by atoms with van der Waals surface area (Å²) in [6.07, 6.45) is 0.161. The van der Waals surface area contributed by atoms with Crippen molar-refractivity contribution in [2.24, 2.45) is 0 Å². The van der Waals surface area contributed by atoms with Gasteiger partial charge in [-0.25, -0.2) is 9.37 Å². The van der Waals surface area contributed by atoms with E-state index in [1.165, 1.54) is 23.5 Å². The Morgan fingerprint density at radius 1 is 1.18 bits per heavy atom. The second kappa shape index (κ2) is 9.57. The van der Waals surface area contributed by atoms with Crippen molar-refractivity contribution in [1.29, 1.82) is 0 Å². The summed E-state index contributed by atoms with van der Waals surface area (Å²) in [7, 11) is 3.11. The van der Waals surface area contributed by atoms with Crippen LogP contribution in [0.25, 0.3) is 0 Å². The molecule has 1 amide bonds. The molecule has 0 atom stereocenters. The zero-order valence-corrected chi connectivity index (χ0v) is 17.0. The number of halogens is 1. The largest absolute Gasteiger partial charge is 0.497 e. The van der Waals surface area contributed by atoms with Gasteiger partial charge in [0, 0.05) is 17.2 Å². The summed E-state index contributed by atoms with van der Waals surface area (Å²) >= 11 is 3.05. The number of carbonyl (C=O) groups is 1. The summed E-state index contributed by atoms with van der Waals surface area (Å²) in [5.74, 6) is 1.45. The van der Waals surface area contributed by atoms with Crippen LogP contribution in [0.4, 0.5) is 10.1 Å². The average Bonchev–Trinajstić information content (AvgIpc) is 3.14. The summed E-state index contributed by atoms with van der Waals surface area (Å²) in [6, 6.07) is 11.6. The van der Waals surface area contributed by atoms with E-state index in [1.807, 2.05) is 5.38 Å². The van der Waals surface area contributed by atoms with Crippen molar-refractivity contribution < 1.29 is 18.7 Å². The second-order valence-electron chi connectivity index (χ2n) is 5.81. The van der Waals surface area contributed by atoms with E-state index in [9.17, 15) is 9.18 Å². The molecule has 3 aromatic rings. The number of carbonyl (C=O) groups excluding carboxylic acids is 1. The zero-order valence-electron chi connectivity index (χ0n) is 15.4. The minimum absolute atomic E-state index is 0.161. The van der Waals surface area contributed by atoms with Gasteiger partial charge in [0.15, 0.2) is 0 Å². The third-order valence-electron chi connectivity index (χ3n) is 3.83. The predicted molar refractivity (Wildman–Crippen MR) is 110 cm³/mol. The van der Waals surface area contributed by atoms with Gasteiger partial charge in [0.25, 0.3) is 0 Å². The summed E-state index contributed by atoms with van der Waals surface area (Å²) in [5.41, 5.74) is 2.27. The van der Waals surface area contributed by atoms with Gasteiger partial charge in [0.1, 0.15) is 21.7 Å². The van der Waals surface area contributed by atoms with Crippen molar-refractivity contribution >= 4 is 34.7 Å². The van der Waals surface area contributed by atoms with Crippen LogP contribution in [0.3, 0.4) is 0 Å². The minimum atomic E-state index is -0.246. The molecule has 0 bridgehead atoms. The maximum Gasteiger partial charge on any atom is 0.230 e. The Kier molecular flexibility index (Phi) is 6.89. The second-order valence-corrected chi connectivity index (χ2v) is 7.89. The van der Waals surface area contributed by atoms with Crippen LogP contribution in [-0.4, -0.2) is 25.1 Å². The molecule has 0 fully saturated rings. The monoisotopic (exact) mass is 418 g/mol. The van der Waals surface area contributed by atoms with E-state index < -0.39 is 0 Å². The van der Waals surface area contributed by atoms with Crippen molar-refractivity contribution in [3.05, 3.63) is 64.9 Å². The Bertz CT molecular complexity index is 945. The average molecular weight is 419 g/mol. The molecule has 1 N–H and O–H groups in total. The lowest BCUT2D eigenvalue weighted by Crippen LogP contribution is -2.15. The first-order valence-corrected chi connectivity index (χ1v) is 10.3. The topological polar surface area (TPSA) is 60.5 Å². The zero-order chi connectivity index (χ0) is 19.9. The van der Waals surface area contributed by atoms with E-state index in [4.69, 9.17) is 9.47 Å². The van der Waals surface area contributed by atoms with E-state index in [0.717, 1.165) is 9.90 Å². The molecule has 0 saturated carbocycles. The van der Waals surface area contributed by atoms with Gasteiger partial charge in [-0.15, -0.1) is 11.3 Å². The maximum atomic E-state index is 13.0. The van der Waals surface area contributed by atoms with Crippen LogP contribution in [0.2, 0.25) is 0 Å². The molecule has 0 unspecified atom stereocenters. The van der Waals surface area contributed by atoms with Crippen LogP contribution in [0.5, 0.6) is 11.5 Å². The molecule has 0 radical (unpaired) electrons. The number of ether oxygens (including phenoxy) is 2. The van der Waals surface area contributed by atoms with Gasteiger partial charge in [0.05, 0.1) is 32.0 Å². The molecule has 8 heteroatoms. The van der Waals surface area contributed by atoms with Gasteiger partial charge in [-0.1, -0.05) is 23.9 Å². The molecular weight excluding hydrogens is 399 g/mol. The predicted octanol–water partition coefficient (Wildman–Crippen LogP) is 4.77. The lowest BCUT2D eigenvalue weighted by molar-refractivity contribution is -0.115. The van der Waals surface area contributed by atoms with Crippen molar-refractivity contribution in [3.8, 4) is 11.5 Å². The molecule has 0 saturated heterocycles. The molecule has 0 aliphatic heterocycles. The molecular formula is C20H19FN2O3S2. The number of nitrogens with one attached hydrogen (secondary N) is 1. The number of aromatic nitrogens is 1. The fourth-order valence-corrected chi connectivity index (χ4v) is 4.23. The van der Waals surface area contributed by atoms with E-state index in [0.29, 0.717) is 28.6 Å². The van der Waals surface area contributed by atoms with Crippen molar-refractivity contribution in [2.45, 2.75) is 16.5 Å². The normalized spacial score (nSPS) is 10.5. The number of methoxy groups -OCH3 is 2. The standard InChI is InChI=1S/C20H19FN2O3S2/c1-25-16-7-8-18(26-2)17(10-16)23-19(24)9-15-12-28-20(22-15)27-11-13-3-5-14(21)6-4-13/h3-8,10,12H,9,11H2,1-2H3,(H,23,24). The molecule has 1 heterocycles. The molecule has 5 nitrogen and oxygen atoms in total. The van der Waals surface area contributed by atoms with Gasteiger partial charge < -0.3 is 14.8 Å². The fraction of sp³-hybridized carbons (Fsp3) is 0.200. The fourth-order valence-electron chi connectivity index (χ4n) is 2.43. The lowest BCUT2D eigenvalue weighted by Gasteiger charge is -2.11. The Morgan fingerprint density at radius 3 is 2.68 bits per heavy atom. The van der Waals surface area contributed by atoms with Gasteiger partial charge in [-0.3, -0.25) is 4.79 Å². The Labute approximate surface area is 170 Å². The highest BCUT2D eigenvalue weighted by Crippen LogP contribution is 2.30. The van der Waals surface area contributed by atoms with Crippen LogP contribution < -0.4 is 14.8 Å². The van der Waals surface area contributed by atoms with Gasteiger partial charge in [-0.2, -0.15) is 0 Å². The van der Waals surface area contributed by atoms with Crippen LogP contribution >= 0.6 is 23.1 Å². The van der Waals surface area contributed by atoms with Crippen molar-refractivity contribution in [3.63, 3.8) is 0 Å². The number of nitrogens with zero attached hydrogens (tertiary/aromatic N) is 1. The SMILES string of the molecule is COc1ccc(OC)c(NC(=O)Cc2csc(SCc3ccc(F)cc3)n2)c1. The first kappa shape index (κ1) is 20.2. The first-order chi connectivity index (χ1) is 13.6. The number of hydrogen-bond acceptors (Lipinski definition) is 6. The van der Waals surface area contributed by atoms with Gasteiger partial charge in [0.2, 0.25) is 5.91 Å². The minimum Gasteiger partial charge on any atom is -0.497 e. The quantitative estimate of drug-likeness (QED) is 0.534.